The lowest BCUT2D eigenvalue weighted by atomic mass is 10.2. The zero-order valence-corrected chi connectivity index (χ0v) is 12.1. The minimum Gasteiger partial charge on any atom is -0.396 e. The molecule has 1 aliphatic rings. The molecule has 6 heteroatoms. The van der Waals surface area contributed by atoms with Gasteiger partial charge in [-0.15, -0.1) is 0 Å². The number of anilines is 1. The first-order chi connectivity index (χ1) is 10.1. The number of aliphatic hydroxyl groups is 1. The van der Waals surface area contributed by atoms with E-state index in [4.69, 9.17) is 5.11 Å². The molecule has 0 saturated carbocycles. The molecule has 114 valence electrons. The number of carbonyl (C=O) groups excluding carboxylic acids is 2. The van der Waals surface area contributed by atoms with Crippen molar-refractivity contribution in [2.75, 3.05) is 24.6 Å². The Labute approximate surface area is 124 Å². The zero-order valence-electron chi connectivity index (χ0n) is 12.1. The minimum atomic E-state index is -0.299. The van der Waals surface area contributed by atoms with Crippen LogP contribution in [0.4, 0.5) is 10.5 Å². The molecule has 1 aliphatic heterocycles. The second-order valence-corrected chi connectivity index (χ2v) is 5.22. The largest absolute Gasteiger partial charge is 0.396 e. The first kappa shape index (κ1) is 15.3. The van der Waals surface area contributed by atoms with Gasteiger partial charge < -0.3 is 20.6 Å². The van der Waals surface area contributed by atoms with Crippen LogP contribution in [0.2, 0.25) is 0 Å². The maximum atomic E-state index is 12.0. The van der Waals surface area contributed by atoms with Crippen LogP contribution in [0, 0.1) is 6.92 Å². The van der Waals surface area contributed by atoms with E-state index in [9.17, 15) is 9.59 Å². The summed E-state index contributed by atoms with van der Waals surface area (Å²) >= 11 is 0. The van der Waals surface area contributed by atoms with Crippen LogP contribution < -0.4 is 15.5 Å². The Bertz CT molecular complexity index is 501. The van der Waals surface area contributed by atoms with Gasteiger partial charge in [0.2, 0.25) is 5.91 Å². The van der Waals surface area contributed by atoms with E-state index in [2.05, 4.69) is 10.6 Å². The summed E-state index contributed by atoms with van der Waals surface area (Å²) < 4.78 is 0. The molecule has 1 saturated heterocycles. The van der Waals surface area contributed by atoms with Crippen LogP contribution in [0.1, 0.15) is 18.4 Å². The number of aliphatic hydroxyl groups excluding tert-OH is 1. The highest BCUT2D eigenvalue weighted by atomic mass is 16.3. The second kappa shape index (κ2) is 7.08. The molecule has 3 amide bonds. The number of nitrogens with one attached hydrogen (secondary N) is 2. The number of amides is 3. The van der Waals surface area contributed by atoms with Gasteiger partial charge in [-0.2, -0.15) is 0 Å². The molecule has 0 aromatic heterocycles. The number of rotatable bonds is 5. The summed E-state index contributed by atoms with van der Waals surface area (Å²) in [5.74, 6) is 0.0134. The van der Waals surface area contributed by atoms with E-state index in [0.29, 0.717) is 25.9 Å². The maximum absolute atomic E-state index is 12.0. The van der Waals surface area contributed by atoms with Crippen LogP contribution in [-0.2, 0) is 4.79 Å². The third kappa shape index (κ3) is 4.19. The quantitative estimate of drug-likeness (QED) is 0.701. The summed E-state index contributed by atoms with van der Waals surface area (Å²) in [6.07, 6.45) is 0.827. The van der Waals surface area contributed by atoms with Crippen LogP contribution in [0.3, 0.4) is 0 Å². The summed E-state index contributed by atoms with van der Waals surface area (Å²) in [6, 6.07) is 7.27. The van der Waals surface area contributed by atoms with Crippen molar-refractivity contribution in [3.05, 3.63) is 29.8 Å². The highest BCUT2D eigenvalue weighted by molar-refractivity contribution is 5.96. The summed E-state index contributed by atoms with van der Waals surface area (Å²) in [6.45, 7) is 2.94. The topological polar surface area (TPSA) is 81.7 Å². The highest BCUT2D eigenvalue weighted by Crippen LogP contribution is 2.21. The van der Waals surface area contributed by atoms with Gasteiger partial charge in [-0.05, 0) is 25.5 Å². The fourth-order valence-corrected chi connectivity index (χ4v) is 2.30. The molecule has 1 heterocycles. The molecule has 0 spiro atoms. The Morgan fingerprint density at radius 2 is 2.10 bits per heavy atom. The average Bonchev–Trinajstić information content (AvgIpc) is 2.80. The molecule has 1 aromatic carbocycles. The van der Waals surface area contributed by atoms with Gasteiger partial charge in [0.05, 0.1) is 6.04 Å². The van der Waals surface area contributed by atoms with Gasteiger partial charge in [0.15, 0.2) is 0 Å². The molecule has 6 nitrogen and oxygen atoms in total. The van der Waals surface area contributed by atoms with Crippen molar-refractivity contribution in [1.82, 2.24) is 10.6 Å². The number of benzene rings is 1. The van der Waals surface area contributed by atoms with Gasteiger partial charge in [-0.3, -0.25) is 4.79 Å². The molecule has 2 rings (SSSR count). The molecule has 3 N–H and O–H groups in total. The molecule has 21 heavy (non-hydrogen) atoms. The van der Waals surface area contributed by atoms with Crippen LogP contribution in [0.5, 0.6) is 0 Å². The third-order valence-electron chi connectivity index (χ3n) is 3.43. The monoisotopic (exact) mass is 291 g/mol. The van der Waals surface area contributed by atoms with E-state index in [1.165, 1.54) is 0 Å². The number of carbonyl (C=O) groups is 2. The van der Waals surface area contributed by atoms with Crippen molar-refractivity contribution < 1.29 is 14.7 Å². The summed E-state index contributed by atoms with van der Waals surface area (Å²) in [5.41, 5.74) is 2.00. The lowest BCUT2D eigenvalue weighted by Crippen LogP contribution is -2.43. The number of hydrogen-bond donors (Lipinski definition) is 3. The molecule has 1 aromatic rings. The van der Waals surface area contributed by atoms with Crippen molar-refractivity contribution in [3.8, 4) is 0 Å². The van der Waals surface area contributed by atoms with Gasteiger partial charge >= 0.3 is 6.03 Å². The van der Waals surface area contributed by atoms with E-state index >= 15 is 0 Å². The van der Waals surface area contributed by atoms with E-state index < -0.39 is 0 Å². The molecular formula is C15H21N3O3. The Balaban J connectivity index is 1.87. The number of aryl methyl sites for hydroxylation is 1. The SMILES string of the molecule is Cc1ccc(N2C[C@H](NC(=O)NCCCO)CC2=O)cc1. The highest BCUT2D eigenvalue weighted by Gasteiger charge is 2.31. The Hall–Kier alpha value is -2.08. The number of urea groups is 1. The fraction of sp³-hybridized carbons (Fsp3) is 0.467. The second-order valence-electron chi connectivity index (χ2n) is 5.22. The lowest BCUT2D eigenvalue weighted by molar-refractivity contribution is -0.117. The molecule has 0 unspecified atom stereocenters. The van der Waals surface area contributed by atoms with Crippen molar-refractivity contribution in [2.45, 2.75) is 25.8 Å². The van der Waals surface area contributed by atoms with Crippen LogP contribution in [0.15, 0.2) is 24.3 Å². The zero-order chi connectivity index (χ0) is 15.2. The average molecular weight is 291 g/mol. The predicted molar refractivity (Wildman–Crippen MR) is 80.2 cm³/mol. The van der Waals surface area contributed by atoms with Gasteiger partial charge in [0.1, 0.15) is 0 Å². The van der Waals surface area contributed by atoms with E-state index in [1.807, 2.05) is 31.2 Å². The van der Waals surface area contributed by atoms with Crippen molar-refractivity contribution in [3.63, 3.8) is 0 Å². The minimum absolute atomic E-state index is 0.0134. The normalized spacial score (nSPS) is 17.9. The summed E-state index contributed by atoms with van der Waals surface area (Å²) in [7, 11) is 0. The molecule has 0 aliphatic carbocycles. The van der Waals surface area contributed by atoms with Gasteiger partial charge in [0.25, 0.3) is 0 Å². The molecule has 0 bridgehead atoms. The Morgan fingerprint density at radius 3 is 2.76 bits per heavy atom. The number of hydrogen-bond acceptors (Lipinski definition) is 3. The first-order valence-corrected chi connectivity index (χ1v) is 7.12. The number of nitrogens with zero attached hydrogens (tertiary/aromatic N) is 1. The van der Waals surface area contributed by atoms with Crippen molar-refractivity contribution in [1.29, 1.82) is 0 Å². The maximum Gasteiger partial charge on any atom is 0.315 e. The third-order valence-corrected chi connectivity index (χ3v) is 3.43. The van der Waals surface area contributed by atoms with Crippen LogP contribution in [0.25, 0.3) is 0 Å². The standard InChI is InChI=1S/C15H21N3O3/c1-11-3-5-13(6-4-11)18-10-12(9-14(18)20)17-15(21)16-7-2-8-19/h3-6,12,19H,2,7-10H2,1H3,(H2,16,17,21)/t12-/m1/s1. The summed E-state index contributed by atoms with van der Waals surface area (Å²) in [4.78, 5) is 25.4. The molecule has 1 atom stereocenters. The van der Waals surface area contributed by atoms with Gasteiger partial charge in [0, 0.05) is 31.8 Å². The first-order valence-electron chi connectivity index (χ1n) is 7.12. The van der Waals surface area contributed by atoms with E-state index in [-0.39, 0.29) is 24.6 Å². The molecule has 0 radical (unpaired) electrons. The Kier molecular flexibility index (Phi) is 5.16. The lowest BCUT2D eigenvalue weighted by Gasteiger charge is -2.17. The van der Waals surface area contributed by atoms with E-state index in [1.54, 1.807) is 4.90 Å². The smallest absolute Gasteiger partial charge is 0.315 e. The summed E-state index contributed by atoms with van der Waals surface area (Å²) in [5, 5.41) is 14.1. The van der Waals surface area contributed by atoms with E-state index in [0.717, 1.165) is 11.3 Å². The van der Waals surface area contributed by atoms with Crippen LogP contribution >= 0.6 is 0 Å². The molecule has 1 fully saturated rings. The Morgan fingerprint density at radius 1 is 1.38 bits per heavy atom. The van der Waals surface area contributed by atoms with Gasteiger partial charge in [-0.25, -0.2) is 4.79 Å². The fourth-order valence-electron chi connectivity index (χ4n) is 2.30. The van der Waals surface area contributed by atoms with Crippen molar-refractivity contribution in [2.24, 2.45) is 0 Å². The van der Waals surface area contributed by atoms with Gasteiger partial charge in [-0.1, -0.05) is 17.7 Å². The molecular weight excluding hydrogens is 270 g/mol. The van der Waals surface area contributed by atoms with Crippen LogP contribution in [-0.4, -0.2) is 42.8 Å². The van der Waals surface area contributed by atoms with Crippen molar-refractivity contribution >= 4 is 17.6 Å². The predicted octanol–water partition coefficient (Wildman–Crippen LogP) is 0.782.